The van der Waals surface area contributed by atoms with E-state index in [0.717, 1.165) is 52.4 Å². The third-order valence-corrected chi connectivity index (χ3v) is 6.34. The van der Waals surface area contributed by atoms with E-state index in [9.17, 15) is 4.79 Å². The Morgan fingerprint density at radius 2 is 1.39 bits per heavy atom. The molecule has 1 amide bonds. The zero-order valence-corrected chi connectivity index (χ0v) is 19.4. The molecule has 0 aliphatic carbocycles. The van der Waals surface area contributed by atoms with Gasteiger partial charge in [-0.1, -0.05) is 67.1 Å². The van der Waals surface area contributed by atoms with Gasteiger partial charge in [0.25, 0.3) is 5.91 Å². The molecule has 0 spiro atoms. The van der Waals surface area contributed by atoms with Gasteiger partial charge >= 0.3 is 0 Å². The van der Waals surface area contributed by atoms with Crippen molar-refractivity contribution in [2.75, 3.05) is 39.3 Å². The fraction of sp³-hybridized carbons (Fsp3) is 0.393. The first-order valence-electron chi connectivity index (χ1n) is 12.1. The highest BCUT2D eigenvalue weighted by Gasteiger charge is 2.23. The summed E-state index contributed by atoms with van der Waals surface area (Å²) in [4.78, 5) is 19.3. The third-order valence-electron chi connectivity index (χ3n) is 6.34. The minimum atomic E-state index is 0.0107. The normalized spacial score (nSPS) is 14.6. The van der Waals surface area contributed by atoms with Crippen molar-refractivity contribution in [3.8, 4) is 0 Å². The summed E-state index contributed by atoms with van der Waals surface area (Å²) in [5, 5.41) is 0. The quantitative estimate of drug-likeness (QED) is 0.393. The molecule has 1 aliphatic rings. The van der Waals surface area contributed by atoms with E-state index in [1.54, 1.807) is 18.4 Å². The zero-order chi connectivity index (χ0) is 22.7. The van der Waals surface area contributed by atoms with Crippen molar-refractivity contribution < 1.29 is 9.21 Å². The van der Waals surface area contributed by atoms with Crippen LogP contribution in [0.3, 0.4) is 0 Å². The maximum Gasteiger partial charge on any atom is 0.289 e. The number of benzene rings is 2. The monoisotopic (exact) mass is 445 g/mol. The molecule has 1 fully saturated rings. The average Bonchev–Trinajstić information content (AvgIpc) is 3.40. The molecule has 174 valence electrons. The number of piperazine rings is 1. The Labute approximate surface area is 197 Å². The molecule has 1 saturated heterocycles. The Morgan fingerprint density at radius 1 is 0.758 bits per heavy atom. The molecule has 0 bridgehead atoms. The number of amides is 1. The zero-order valence-electron chi connectivity index (χ0n) is 19.4. The van der Waals surface area contributed by atoms with Gasteiger partial charge in [-0.15, -0.1) is 0 Å². The fourth-order valence-electron chi connectivity index (χ4n) is 4.48. The highest BCUT2D eigenvalue weighted by Crippen LogP contribution is 2.13. The van der Waals surface area contributed by atoms with Crippen molar-refractivity contribution in [2.45, 2.75) is 32.4 Å². The molecule has 5 heteroatoms. The van der Waals surface area contributed by atoms with Crippen LogP contribution in [0.5, 0.6) is 0 Å². The summed E-state index contributed by atoms with van der Waals surface area (Å²) >= 11 is 0. The Balaban J connectivity index is 1.16. The van der Waals surface area contributed by atoms with Gasteiger partial charge in [-0.3, -0.25) is 14.6 Å². The summed E-state index contributed by atoms with van der Waals surface area (Å²) in [6.07, 6.45) is 5.20. The lowest BCUT2D eigenvalue weighted by atomic mass is 10.1. The van der Waals surface area contributed by atoms with E-state index in [1.165, 1.54) is 30.4 Å². The molecule has 0 radical (unpaired) electrons. The first kappa shape index (κ1) is 23.3. The first-order valence-corrected chi connectivity index (χ1v) is 12.1. The van der Waals surface area contributed by atoms with Crippen molar-refractivity contribution >= 4 is 5.91 Å². The molecule has 3 aromatic rings. The molecular weight excluding hydrogens is 410 g/mol. The Hall–Kier alpha value is -2.89. The Kier molecular flexibility index (Phi) is 8.73. The molecule has 2 aromatic carbocycles. The van der Waals surface area contributed by atoms with Gasteiger partial charge in [0, 0.05) is 39.3 Å². The predicted molar refractivity (Wildman–Crippen MR) is 132 cm³/mol. The molecule has 0 N–H and O–H groups in total. The van der Waals surface area contributed by atoms with Gasteiger partial charge < -0.3 is 9.32 Å². The summed E-state index contributed by atoms with van der Waals surface area (Å²) in [5.74, 6) is 0.454. The van der Waals surface area contributed by atoms with Crippen molar-refractivity contribution in [3.05, 3.63) is 95.9 Å². The second kappa shape index (κ2) is 12.4. The first-order chi connectivity index (χ1) is 16.3. The number of furan rings is 1. The van der Waals surface area contributed by atoms with Gasteiger partial charge in [0.1, 0.15) is 0 Å². The SMILES string of the molecule is O=C(c1ccco1)N1CCN(CCCCCN(Cc2ccccc2)Cc2ccccc2)CC1. The number of nitrogens with zero attached hydrogens (tertiary/aromatic N) is 3. The number of hydrogen-bond acceptors (Lipinski definition) is 4. The lowest BCUT2D eigenvalue weighted by Crippen LogP contribution is -2.48. The van der Waals surface area contributed by atoms with Crippen LogP contribution in [0.15, 0.2) is 83.5 Å². The lowest BCUT2D eigenvalue weighted by molar-refractivity contribution is 0.0604. The van der Waals surface area contributed by atoms with Crippen LogP contribution in [0.4, 0.5) is 0 Å². The number of unbranched alkanes of at least 4 members (excludes halogenated alkanes) is 2. The Morgan fingerprint density at radius 3 is 1.97 bits per heavy atom. The van der Waals surface area contributed by atoms with E-state index in [1.807, 2.05) is 4.90 Å². The topological polar surface area (TPSA) is 39.9 Å². The summed E-state index contributed by atoms with van der Waals surface area (Å²) in [7, 11) is 0. The third kappa shape index (κ3) is 7.31. The predicted octanol–water partition coefficient (Wildman–Crippen LogP) is 4.91. The molecule has 0 saturated carbocycles. The van der Waals surface area contributed by atoms with Gasteiger partial charge in [0.15, 0.2) is 5.76 Å². The molecule has 2 heterocycles. The van der Waals surface area contributed by atoms with E-state index < -0.39 is 0 Å². The molecule has 1 aromatic heterocycles. The van der Waals surface area contributed by atoms with E-state index in [-0.39, 0.29) is 5.91 Å². The molecule has 0 unspecified atom stereocenters. The van der Waals surface area contributed by atoms with Crippen LogP contribution in [0.1, 0.15) is 40.9 Å². The highest BCUT2D eigenvalue weighted by atomic mass is 16.3. The maximum atomic E-state index is 12.4. The average molecular weight is 446 g/mol. The fourth-order valence-corrected chi connectivity index (χ4v) is 4.48. The smallest absolute Gasteiger partial charge is 0.289 e. The van der Waals surface area contributed by atoms with Gasteiger partial charge in [0.05, 0.1) is 6.26 Å². The number of rotatable bonds is 11. The van der Waals surface area contributed by atoms with Crippen LogP contribution in [0, 0.1) is 0 Å². The van der Waals surface area contributed by atoms with Crippen LogP contribution in [0.25, 0.3) is 0 Å². The van der Waals surface area contributed by atoms with Crippen molar-refractivity contribution in [1.82, 2.24) is 14.7 Å². The summed E-state index contributed by atoms with van der Waals surface area (Å²) in [5.41, 5.74) is 2.74. The van der Waals surface area contributed by atoms with E-state index in [4.69, 9.17) is 4.42 Å². The van der Waals surface area contributed by atoms with Crippen LogP contribution in [-0.4, -0.2) is 59.9 Å². The lowest BCUT2D eigenvalue weighted by Gasteiger charge is -2.34. The van der Waals surface area contributed by atoms with E-state index >= 15 is 0 Å². The van der Waals surface area contributed by atoms with Gasteiger partial charge in [-0.2, -0.15) is 0 Å². The van der Waals surface area contributed by atoms with Crippen LogP contribution >= 0.6 is 0 Å². The van der Waals surface area contributed by atoms with E-state index in [2.05, 4.69) is 70.5 Å². The molecule has 4 rings (SSSR count). The van der Waals surface area contributed by atoms with Crippen LogP contribution < -0.4 is 0 Å². The second-order valence-electron chi connectivity index (χ2n) is 8.85. The minimum absolute atomic E-state index is 0.0107. The van der Waals surface area contributed by atoms with Crippen LogP contribution in [0.2, 0.25) is 0 Å². The maximum absolute atomic E-state index is 12.4. The van der Waals surface area contributed by atoms with Crippen LogP contribution in [-0.2, 0) is 13.1 Å². The number of carbonyl (C=O) groups is 1. The van der Waals surface area contributed by atoms with Gasteiger partial charge in [-0.05, 0) is 49.2 Å². The van der Waals surface area contributed by atoms with Crippen molar-refractivity contribution in [1.29, 1.82) is 0 Å². The Bertz CT molecular complexity index is 894. The summed E-state index contributed by atoms with van der Waals surface area (Å²) < 4.78 is 5.25. The van der Waals surface area contributed by atoms with Gasteiger partial charge in [-0.25, -0.2) is 0 Å². The number of carbonyl (C=O) groups excluding carboxylic acids is 1. The van der Waals surface area contributed by atoms with Gasteiger partial charge in [0.2, 0.25) is 0 Å². The van der Waals surface area contributed by atoms with E-state index in [0.29, 0.717) is 5.76 Å². The van der Waals surface area contributed by atoms with Crippen molar-refractivity contribution in [2.24, 2.45) is 0 Å². The second-order valence-corrected chi connectivity index (χ2v) is 8.85. The molecule has 0 atom stereocenters. The number of hydrogen-bond donors (Lipinski definition) is 0. The molecule has 1 aliphatic heterocycles. The molecular formula is C28H35N3O2. The molecule has 33 heavy (non-hydrogen) atoms. The van der Waals surface area contributed by atoms with Crippen molar-refractivity contribution in [3.63, 3.8) is 0 Å². The summed E-state index contributed by atoms with van der Waals surface area (Å²) in [6.45, 7) is 7.64. The highest BCUT2D eigenvalue weighted by molar-refractivity contribution is 5.91. The standard InChI is InChI=1S/C28H35N3O2/c32-28(27-15-10-22-33-27)31-20-18-29(19-21-31)16-8-3-9-17-30(23-25-11-4-1-5-12-25)24-26-13-6-2-7-14-26/h1-2,4-7,10-15,22H,3,8-9,16-21,23-24H2. The minimum Gasteiger partial charge on any atom is -0.459 e. The largest absolute Gasteiger partial charge is 0.459 e. The molecule has 5 nitrogen and oxygen atoms in total. The summed E-state index contributed by atoms with van der Waals surface area (Å²) in [6, 6.07) is 25.0.